The van der Waals surface area contributed by atoms with Crippen LogP contribution in [0.4, 0.5) is 5.82 Å². The van der Waals surface area contributed by atoms with Crippen LogP contribution in [0.15, 0.2) is 48.7 Å². The number of thioether (sulfide) groups is 1. The normalized spacial score (nSPS) is 16.9. The number of rotatable bonds is 2. The molecule has 0 spiro atoms. The van der Waals surface area contributed by atoms with Gasteiger partial charge in [0.05, 0.1) is 16.7 Å². The van der Waals surface area contributed by atoms with E-state index in [1.165, 1.54) is 11.1 Å². The van der Waals surface area contributed by atoms with E-state index in [0.717, 1.165) is 17.1 Å². The molecule has 126 valence electrons. The summed E-state index contributed by atoms with van der Waals surface area (Å²) in [5.74, 6) is 1.82. The maximum atomic E-state index is 12.3. The van der Waals surface area contributed by atoms with E-state index in [1.807, 2.05) is 37.3 Å². The van der Waals surface area contributed by atoms with Gasteiger partial charge in [-0.1, -0.05) is 30.3 Å². The molecule has 5 nitrogen and oxygen atoms in total. The van der Waals surface area contributed by atoms with Crippen LogP contribution in [-0.2, 0) is 4.79 Å². The maximum Gasteiger partial charge on any atom is 0.235 e. The summed E-state index contributed by atoms with van der Waals surface area (Å²) in [6.07, 6.45) is 1.73. The number of hydrogen-bond donors (Lipinski definition) is 1. The van der Waals surface area contributed by atoms with Gasteiger partial charge in [-0.05, 0) is 37.1 Å². The molecule has 25 heavy (non-hydrogen) atoms. The summed E-state index contributed by atoms with van der Waals surface area (Å²) in [6, 6.07) is 14.0. The highest BCUT2D eigenvalue weighted by Gasteiger charge is 2.31. The van der Waals surface area contributed by atoms with Gasteiger partial charge < -0.3 is 5.32 Å². The summed E-state index contributed by atoms with van der Waals surface area (Å²) in [4.78, 5) is 16.7. The van der Waals surface area contributed by atoms with Crippen LogP contribution in [0.3, 0.4) is 0 Å². The zero-order valence-corrected chi connectivity index (χ0v) is 14.9. The molecule has 1 atom stereocenters. The van der Waals surface area contributed by atoms with Crippen LogP contribution >= 0.6 is 11.8 Å². The van der Waals surface area contributed by atoms with Crippen LogP contribution in [0.25, 0.3) is 5.82 Å². The number of amides is 1. The second-order valence-electron chi connectivity index (χ2n) is 6.04. The lowest BCUT2D eigenvalue weighted by molar-refractivity contribution is -0.113. The van der Waals surface area contributed by atoms with E-state index in [2.05, 4.69) is 34.5 Å². The fourth-order valence-electron chi connectivity index (χ4n) is 3.16. The molecule has 1 N–H and O–H groups in total. The standard InChI is InChI=1S/C19H18N4OS/c1-12-7-3-4-8-14(12)18-17-13(2)22-23(15-9-5-6-10-20-15)19(17)21-16(24)11-25-18/h3-10,18H,11H2,1-2H3,(H,21,24)/t18-/m0/s1. The van der Waals surface area contributed by atoms with Gasteiger partial charge in [0.1, 0.15) is 5.82 Å². The maximum absolute atomic E-state index is 12.3. The molecule has 1 aliphatic heterocycles. The minimum absolute atomic E-state index is 0.0144. The molecule has 3 aromatic rings. The van der Waals surface area contributed by atoms with Gasteiger partial charge >= 0.3 is 0 Å². The lowest BCUT2D eigenvalue weighted by Crippen LogP contribution is -2.16. The summed E-state index contributed by atoms with van der Waals surface area (Å²) in [5, 5.41) is 7.76. The Morgan fingerprint density at radius 2 is 1.96 bits per heavy atom. The van der Waals surface area contributed by atoms with Gasteiger partial charge in [0.2, 0.25) is 5.91 Å². The third kappa shape index (κ3) is 2.82. The van der Waals surface area contributed by atoms with Crippen molar-refractivity contribution >= 4 is 23.5 Å². The number of nitrogens with zero attached hydrogens (tertiary/aromatic N) is 3. The second kappa shape index (κ2) is 6.37. The lowest BCUT2D eigenvalue weighted by atomic mass is 10.00. The molecule has 2 aromatic heterocycles. The highest BCUT2D eigenvalue weighted by Crippen LogP contribution is 2.44. The Labute approximate surface area is 150 Å². The van der Waals surface area contributed by atoms with Crippen molar-refractivity contribution in [3.63, 3.8) is 0 Å². The van der Waals surface area contributed by atoms with E-state index in [9.17, 15) is 4.79 Å². The van der Waals surface area contributed by atoms with Crippen molar-refractivity contribution < 1.29 is 4.79 Å². The molecular formula is C19H18N4OS. The van der Waals surface area contributed by atoms with E-state index in [1.54, 1.807) is 22.6 Å². The molecule has 4 rings (SSSR count). The largest absolute Gasteiger partial charge is 0.310 e. The Hall–Kier alpha value is -2.60. The zero-order valence-electron chi connectivity index (χ0n) is 14.1. The van der Waals surface area contributed by atoms with Crippen molar-refractivity contribution in [2.45, 2.75) is 19.1 Å². The summed E-state index contributed by atoms with van der Waals surface area (Å²) < 4.78 is 1.74. The SMILES string of the molecule is Cc1ccccc1[C@@H]1SCC(=O)Nc2c1c(C)nn2-c1ccccn1. The van der Waals surface area contributed by atoms with E-state index < -0.39 is 0 Å². The van der Waals surface area contributed by atoms with E-state index in [4.69, 9.17) is 0 Å². The number of hydrogen-bond acceptors (Lipinski definition) is 4. The highest BCUT2D eigenvalue weighted by atomic mass is 32.2. The monoisotopic (exact) mass is 350 g/mol. The third-order valence-corrected chi connectivity index (χ3v) is 5.60. The topological polar surface area (TPSA) is 59.8 Å². The summed E-state index contributed by atoms with van der Waals surface area (Å²) in [6.45, 7) is 4.09. The molecule has 0 aliphatic carbocycles. The first kappa shape index (κ1) is 15.9. The van der Waals surface area contributed by atoms with Crippen LogP contribution in [0, 0.1) is 13.8 Å². The Morgan fingerprint density at radius 3 is 2.72 bits per heavy atom. The Balaban J connectivity index is 1.92. The van der Waals surface area contributed by atoms with Crippen LogP contribution in [0.5, 0.6) is 0 Å². The second-order valence-corrected chi connectivity index (χ2v) is 7.14. The average molecular weight is 350 g/mol. The Bertz CT molecular complexity index is 936. The molecule has 0 unspecified atom stereocenters. The van der Waals surface area contributed by atoms with Crippen molar-refractivity contribution in [1.82, 2.24) is 14.8 Å². The summed E-state index contributed by atoms with van der Waals surface area (Å²) in [5.41, 5.74) is 4.39. The average Bonchev–Trinajstić information content (AvgIpc) is 2.83. The fourth-order valence-corrected chi connectivity index (χ4v) is 4.44. The van der Waals surface area contributed by atoms with E-state index >= 15 is 0 Å². The first-order valence-corrected chi connectivity index (χ1v) is 9.18. The minimum Gasteiger partial charge on any atom is -0.310 e. The smallest absolute Gasteiger partial charge is 0.235 e. The molecule has 0 bridgehead atoms. The van der Waals surface area contributed by atoms with Crippen LogP contribution < -0.4 is 5.32 Å². The fraction of sp³-hybridized carbons (Fsp3) is 0.211. The van der Waals surface area contributed by atoms with E-state index in [0.29, 0.717) is 11.6 Å². The molecule has 1 aliphatic rings. The molecule has 0 fully saturated rings. The van der Waals surface area contributed by atoms with Gasteiger partial charge in [-0.25, -0.2) is 4.98 Å². The van der Waals surface area contributed by atoms with Crippen LogP contribution in [0.1, 0.15) is 27.6 Å². The predicted molar refractivity (Wildman–Crippen MR) is 100 cm³/mol. The number of benzene rings is 1. The lowest BCUT2D eigenvalue weighted by Gasteiger charge is -2.17. The number of pyridine rings is 1. The third-order valence-electron chi connectivity index (χ3n) is 4.35. The van der Waals surface area contributed by atoms with Crippen LogP contribution in [-0.4, -0.2) is 26.4 Å². The Kier molecular flexibility index (Phi) is 4.05. The van der Waals surface area contributed by atoms with Gasteiger partial charge in [0, 0.05) is 11.8 Å². The van der Waals surface area contributed by atoms with Crippen molar-refractivity contribution in [1.29, 1.82) is 0 Å². The number of anilines is 1. The molecule has 1 amide bonds. The van der Waals surface area contributed by atoms with Crippen LogP contribution in [0.2, 0.25) is 0 Å². The van der Waals surface area contributed by atoms with Crippen molar-refractivity contribution in [2.24, 2.45) is 0 Å². The van der Waals surface area contributed by atoms with E-state index in [-0.39, 0.29) is 11.2 Å². The minimum atomic E-state index is -0.0144. The first-order chi connectivity index (χ1) is 12.1. The number of carbonyl (C=O) groups excluding carboxylic acids is 1. The van der Waals surface area contributed by atoms with Gasteiger partial charge in [-0.2, -0.15) is 9.78 Å². The molecular weight excluding hydrogens is 332 g/mol. The molecule has 6 heteroatoms. The number of fused-ring (bicyclic) bond motifs is 1. The Morgan fingerprint density at radius 1 is 1.16 bits per heavy atom. The zero-order chi connectivity index (χ0) is 17.4. The number of carbonyl (C=O) groups is 1. The first-order valence-electron chi connectivity index (χ1n) is 8.13. The number of nitrogens with one attached hydrogen (secondary N) is 1. The molecule has 1 aromatic carbocycles. The highest BCUT2D eigenvalue weighted by molar-refractivity contribution is 8.00. The van der Waals surface area contributed by atoms with Crippen molar-refractivity contribution in [2.75, 3.05) is 11.1 Å². The van der Waals surface area contributed by atoms with Gasteiger partial charge in [0.15, 0.2) is 5.82 Å². The molecule has 0 saturated carbocycles. The number of aromatic nitrogens is 3. The quantitative estimate of drug-likeness (QED) is 0.766. The van der Waals surface area contributed by atoms with Gasteiger partial charge in [0.25, 0.3) is 0 Å². The molecule has 3 heterocycles. The number of aryl methyl sites for hydroxylation is 2. The molecule has 0 radical (unpaired) electrons. The van der Waals surface area contributed by atoms with Crippen molar-refractivity contribution in [3.05, 3.63) is 71.0 Å². The summed E-state index contributed by atoms with van der Waals surface area (Å²) in [7, 11) is 0. The summed E-state index contributed by atoms with van der Waals surface area (Å²) >= 11 is 1.64. The van der Waals surface area contributed by atoms with Gasteiger partial charge in [-0.3, -0.25) is 4.79 Å². The van der Waals surface area contributed by atoms with Crippen molar-refractivity contribution in [3.8, 4) is 5.82 Å². The predicted octanol–water partition coefficient (Wildman–Crippen LogP) is 3.66. The molecule has 0 saturated heterocycles. The van der Waals surface area contributed by atoms with Gasteiger partial charge in [-0.15, -0.1) is 11.8 Å².